The maximum Gasteiger partial charge on any atom is 0.362 e. The van der Waals surface area contributed by atoms with Crippen molar-refractivity contribution in [3.63, 3.8) is 0 Å². The summed E-state index contributed by atoms with van der Waals surface area (Å²) in [6, 6.07) is 8.37. The Kier molecular flexibility index (Phi) is 5.52. The molecular weight excluding hydrogens is 368 g/mol. The fourth-order valence-corrected chi connectivity index (χ4v) is 3.89. The van der Waals surface area contributed by atoms with Gasteiger partial charge in [-0.3, -0.25) is 4.48 Å². The maximum atomic E-state index is 12.5. The van der Waals surface area contributed by atoms with Gasteiger partial charge in [0.25, 0.3) is 0 Å². The van der Waals surface area contributed by atoms with Crippen LogP contribution in [-0.2, 0) is 25.5 Å². The third-order valence-corrected chi connectivity index (χ3v) is 5.07. The second-order valence-electron chi connectivity index (χ2n) is 10.1. The van der Waals surface area contributed by atoms with Crippen molar-refractivity contribution in [2.24, 2.45) is 0 Å². The lowest BCUT2D eigenvalue weighted by Gasteiger charge is -2.25. The van der Waals surface area contributed by atoms with E-state index in [4.69, 9.17) is 9.47 Å². The molecule has 6 heteroatoms. The van der Waals surface area contributed by atoms with Gasteiger partial charge in [-0.1, -0.05) is 18.2 Å². The number of hydrogen-bond donors (Lipinski definition) is 1. The van der Waals surface area contributed by atoms with Gasteiger partial charge in [0.15, 0.2) is 13.1 Å². The number of aromatic nitrogens is 1. The molecule has 0 radical (unpaired) electrons. The van der Waals surface area contributed by atoms with E-state index in [1.165, 1.54) is 10.9 Å². The Morgan fingerprint density at radius 3 is 2.10 bits per heavy atom. The van der Waals surface area contributed by atoms with E-state index < -0.39 is 11.2 Å². The predicted octanol–water partition coefficient (Wildman–Crippen LogP) is 3.59. The number of ether oxygens (including phenoxy) is 2. The summed E-state index contributed by atoms with van der Waals surface area (Å²) in [5.41, 5.74) is 1.21. The molecule has 29 heavy (non-hydrogen) atoms. The van der Waals surface area contributed by atoms with Gasteiger partial charge < -0.3 is 14.5 Å². The van der Waals surface area contributed by atoms with Crippen molar-refractivity contribution in [1.29, 1.82) is 0 Å². The van der Waals surface area contributed by atoms with Gasteiger partial charge in [0.05, 0.1) is 0 Å². The number of para-hydroxylation sites is 1. The number of fused-ring (bicyclic) bond motifs is 1. The summed E-state index contributed by atoms with van der Waals surface area (Å²) in [4.78, 5) is 28.4. The number of esters is 2. The van der Waals surface area contributed by atoms with Gasteiger partial charge in [0, 0.05) is 23.5 Å². The number of nitrogens with zero attached hydrogens (tertiary/aromatic N) is 1. The third-order valence-electron chi connectivity index (χ3n) is 5.07. The summed E-state index contributed by atoms with van der Waals surface area (Å²) >= 11 is 0. The Hall–Kier alpha value is -2.34. The number of quaternary nitrogens is 1. The third kappa shape index (κ3) is 5.60. The SMILES string of the molecule is CC(C)(C)OC(=O)C[N+]1(CC(=O)OC(C)(C)C)C[C@@H]1Cc1c[nH]c2ccccc12. The minimum Gasteiger partial charge on any atom is -0.456 e. The lowest BCUT2D eigenvalue weighted by Crippen LogP contribution is -2.43. The van der Waals surface area contributed by atoms with E-state index in [0.29, 0.717) is 4.48 Å². The molecule has 1 atom stereocenters. The molecule has 1 N–H and O–H groups in total. The standard InChI is InChI=1S/C23H33N2O4/c1-22(2,3)28-20(26)14-25(15-21(27)29-23(4,5)6)13-17(25)11-16-12-24-19-10-8-7-9-18(16)19/h7-10,12,17,24H,11,13-15H2,1-6H3/q+1/t17-/m0/s1. The highest BCUT2D eigenvalue weighted by Gasteiger charge is 2.58. The first-order valence-electron chi connectivity index (χ1n) is 10.2. The highest BCUT2D eigenvalue weighted by atomic mass is 16.6. The summed E-state index contributed by atoms with van der Waals surface area (Å²) in [5.74, 6) is -0.551. The quantitative estimate of drug-likeness (QED) is 0.456. The molecule has 2 aromatic rings. The number of benzene rings is 1. The minimum atomic E-state index is -0.546. The zero-order valence-corrected chi connectivity index (χ0v) is 18.4. The number of hydrogen-bond acceptors (Lipinski definition) is 4. The van der Waals surface area contributed by atoms with Gasteiger partial charge in [-0.15, -0.1) is 0 Å². The van der Waals surface area contributed by atoms with Gasteiger partial charge in [-0.2, -0.15) is 0 Å². The molecule has 6 nitrogen and oxygen atoms in total. The van der Waals surface area contributed by atoms with Gasteiger partial charge in [-0.05, 0) is 53.2 Å². The first-order chi connectivity index (χ1) is 13.4. The largest absolute Gasteiger partial charge is 0.456 e. The Morgan fingerprint density at radius 2 is 1.55 bits per heavy atom. The zero-order valence-electron chi connectivity index (χ0n) is 18.4. The smallest absolute Gasteiger partial charge is 0.362 e. The topological polar surface area (TPSA) is 68.4 Å². The van der Waals surface area contributed by atoms with Gasteiger partial charge in [0.2, 0.25) is 0 Å². The van der Waals surface area contributed by atoms with Crippen LogP contribution in [0.1, 0.15) is 47.1 Å². The van der Waals surface area contributed by atoms with E-state index in [0.717, 1.165) is 18.5 Å². The predicted molar refractivity (Wildman–Crippen MR) is 112 cm³/mol. The molecule has 1 aromatic carbocycles. The van der Waals surface area contributed by atoms with Crippen LogP contribution < -0.4 is 0 Å². The number of carbonyl (C=O) groups excluding carboxylic acids is 2. The average molecular weight is 402 g/mol. The number of aromatic amines is 1. The van der Waals surface area contributed by atoms with E-state index >= 15 is 0 Å². The van der Waals surface area contributed by atoms with Crippen LogP contribution in [0.4, 0.5) is 0 Å². The molecule has 1 aliphatic heterocycles. The van der Waals surface area contributed by atoms with E-state index in [1.54, 1.807) is 0 Å². The van der Waals surface area contributed by atoms with Crippen molar-refractivity contribution < 1.29 is 23.5 Å². The summed E-state index contributed by atoms with van der Waals surface area (Å²) < 4.78 is 11.5. The Labute approximate surface area is 172 Å². The second-order valence-corrected chi connectivity index (χ2v) is 10.1. The molecule has 1 aromatic heterocycles. The van der Waals surface area contributed by atoms with Crippen LogP contribution in [0, 0.1) is 0 Å². The maximum absolute atomic E-state index is 12.5. The molecule has 0 unspecified atom stereocenters. The Morgan fingerprint density at radius 1 is 1.00 bits per heavy atom. The summed E-state index contributed by atoms with van der Waals surface area (Å²) in [6.07, 6.45) is 2.83. The minimum absolute atomic E-state index is 0.184. The van der Waals surface area contributed by atoms with Gasteiger partial charge >= 0.3 is 11.9 Å². The van der Waals surface area contributed by atoms with Crippen molar-refractivity contribution in [2.45, 2.75) is 65.2 Å². The molecule has 0 bridgehead atoms. The van der Waals surface area contributed by atoms with E-state index in [2.05, 4.69) is 17.1 Å². The second kappa shape index (κ2) is 7.48. The molecule has 1 fully saturated rings. The number of H-pyrrole nitrogens is 1. The van der Waals surface area contributed by atoms with Crippen molar-refractivity contribution in [1.82, 2.24) is 4.98 Å². The van der Waals surface area contributed by atoms with E-state index in [1.807, 2.05) is 59.9 Å². The first kappa shape index (κ1) is 21.4. The molecule has 0 amide bonds. The first-order valence-corrected chi connectivity index (χ1v) is 10.2. The molecule has 1 aliphatic rings. The lowest BCUT2D eigenvalue weighted by atomic mass is 10.1. The summed E-state index contributed by atoms with van der Waals surface area (Å²) in [7, 11) is 0. The highest BCUT2D eigenvalue weighted by Crippen LogP contribution is 2.36. The molecule has 0 saturated carbocycles. The van der Waals surface area contributed by atoms with Gasteiger partial charge in [0.1, 0.15) is 23.8 Å². The monoisotopic (exact) mass is 401 g/mol. The summed E-state index contributed by atoms with van der Waals surface area (Å²) in [5, 5.41) is 1.19. The van der Waals surface area contributed by atoms with Crippen LogP contribution >= 0.6 is 0 Å². The lowest BCUT2D eigenvalue weighted by molar-refractivity contribution is -0.798. The molecular formula is C23H33N2O4+. The molecule has 2 heterocycles. The van der Waals surface area contributed by atoms with Crippen LogP contribution in [0.2, 0.25) is 0 Å². The van der Waals surface area contributed by atoms with Gasteiger partial charge in [-0.25, -0.2) is 9.59 Å². The van der Waals surface area contributed by atoms with Crippen LogP contribution in [-0.4, -0.2) is 58.3 Å². The van der Waals surface area contributed by atoms with Crippen molar-refractivity contribution in [3.05, 3.63) is 36.0 Å². The normalized spacial score (nSPS) is 18.5. The number of rotatable bonds is 6. The van der Waals surface area contributed by atoms with Crippen LogP contribution in [0.25, 0.3) is 10.9 Å². The number of carbonyl (C=O) groups is 2. The fraction of sp³-hybridized carbons (Fsp3) is 0.565. The van der Waals surface area contributed by atoms with Crippen molar-refractivity contribution in [2.75, 3.05) is 19.6 Å². The molecule has 158 valence electrons. The molecule has 3 rings (SSSR count). The average Bonchev–Trinajstić information content (AvgIpc) is 3.00. The Balaban J connectivity index is 1.75. The van der Waals surface area contributed by atoms with Crippen molar-refractivity contribution >= 4 is 22.8 Å². The van der Waals surface area contributed by atoms with Crippen LogP contribution in [0.3, 0.4) is 0 Å². The summed E-state index contributed by atoms with van der Waals surface area (Å²) in [6.45, 7) is 12.3. The fourth-order valence-electron chi connectivity index (χ4n) is 3.89. The van der Waals surface area contributed by atoms with Crippen LogP contribution in [0.15, 0.2) is 30.5 Å². The number of nitrogens with one attached hydrogen (secondary N) is 1. The van der Waals surface area contributed by atoms with E-state index in [9.17, 15) is 9.59 Å². The Bertz CT molecular complexity index is 871. The molecule has 1 saturated heterocycles. The molecule has 0 aliphatic carbocycles. The van der Waals surface area contributed by atoms with E-state index in [-0.39, 0.29) is 31.1 Å². The van der Waals surface area contributed by atoms with Crippen LogP contribution in [0.5, 0.6) is 0 Å². The molecule has 0 spiro atoms. The van der Waals surface area contributed by atoms with Crippen molar-refractivity contribution in [3.8, 4) is 0 Å². The highest BCUT2D eigenvalue weighted by molar-refractivity contribution is 5.83. The zero-order chi connectivity index (χ0) is 21.4.